The molecule has 0 fully saturated rings. The molecule has 1 heterocycles. The zero-order valence-electron chi connectivity index (χ0n) is 6.53. The highest BCUT2D eigenvalue weighted by Gasteiger charge is 1.99. The zero-order chi connectivity index (χ0) is 7.56. The standard InChI is InChI=1S/C7H9FN2.2ClH/c1-5(9)6-2-7(8)4-10-3-6;;/h2-5H,9H2,1H3;2*1H. The first kappa shape index (κ1) is 14.2. The maximum Gasteiger partial charge on any atom is 0.141 e. The summed E-state index contributed by atoms with van der Waals surface area (Å²) in [4.78, 5) is 3.65. The van der Waals surface area contributed by atoms with Crippen LogP contribution in [0, 0.1) is 5.82 Å². The molecule has 0 aliphatic carbocycles. The molecule has 12 heavy (non-hydrogen) atoms. The molecule has 1 unspecified atom stereocenters. The molecule has 0 spiro atoms. The molecule has 0 radical (unpaired) electrons. The third-order valence-electron chi connectivity index (χ3n) is 1.25. The van der Waals surface area contributed by atoms with Gasteiger partial charge in [0.15, 0.2) is 0 Å². The van der Waals surface area contributed by atoms with Crippen LogP contribution < -0.4 is 5.73 Å². The van der Waals surface area contributed by atoms with E-state index < -0.39 is 0 Å². The predicted octanol–water partition coefficient (Wildman–Crippen LogP) is 2.08. The second-order valence-corrected chi connectivity index (χ2v) is 2.23. The lowest BCUT2D eigenvalue weighted by molar-refractivity contribution is 0.615. The fourth-order valence-electron chi connectivity index (χ4n) is 0.677. The van der Waals surface area contributed by atoms with Crippen LogP contribution in [-0.4, -0.2) is 4.98 Å². The van der Waals surface area contributed by atoms with Gasteiger partial charge in [-0.2, -0.15) is 0 Å². The van der Waals surface area contributed by atoms with Gasteiger partial charge < -0.3 is 5.73 Å². The molecule has 0 bridgehead atoms. The topological polar surface area (TPSA) is 38.9 Å². The molecule has 1 atom stereocenters. The fraction of sp³-hybridized carbons (Fsp3) is 0.286. The van der Waals surface area contributed by atoms with Crippen molar-refractivity contribution < 1.29 is 4.39 Å². The van der Waals surface area contributed by atoms with Gasteiger partial charge in [0.2, 0.25) is 0 Å². The van der Waals surface area contributed by atoms with Crippen LogP contribution in [0.2, 0.25) is 0 Å². The SMILES string of the molecule is CC(N)c1cncc(F)c1.Cl.Cl. The van der Waals surface area contributed by atoms with Crippen molar-refractivity contribution in [3.05, 3.63) is 29.8 Å². The molecule has 0 aromatic carbocycles. The Morgan fingerprint density at radius 2 is 2.00 bits per heavy atom. The summed E-state index contributed by atoms with van der Waals surface area (Å²) in [6.07, 6.45) is 2.72. The molecule has 0 amide bonds. The van der Waals surface area contributed by atoms with E-state index in [0.29, 0.717) is 0 Å². The highest BCUT2D eigenvalue weighted by atomic mass is 35.5. The van der Waals surface area contributed by atoms with E-state index in [1.807, 2.05) is 0 Å². The van der Waals surface area contributed by atoms with Crippen LogP contribution in [0.4, 0.5) is 4.39 Å². The second-order valence-electron chi connectivity index (χ2n) is 2.23. The lowest BCUT2D eigenvalue weighted by Gasteiger charge is -2.02. The minimum Gasteiger partial charge on any atom is -0.324 e. The van der Waals surface area contributed by atoms with E-state index in [0.717, 1.165) is 11.8 Å². The number of hydrogen-bond donors (Lipinski definition) is 1. The van der Waals surface area contributed by atoms with Crippen LogP contribution in [0.5, 0.6) is 0 Å². The molecule has 1 aromatic rings. The van der Waals surface area contributed by atoms with Gasteiger partial charge in [0.05, 0.1) is 6.20 Å². The molecule has 2 nitrogen and oxygen atoms in total. The first-order valence-corrected chi connectivity index (χ1v) is 3.06. The van der Waals surface area contributed by atoms with Crippen LogP contribution >= 0.6 is 24.8 Å². The Kier molecular flexibility index (Phi) is 7.28. The van der Waals surface area contributed by atoms with Gasteiger partial charge in [-0.15, -0.1) is 24.8 Å². The lowest BCUT2D eigenvalue weighted by Crippen LogP contribution is -2.05. The predicted molar refractivity (Wildman–Crippen MR) is 51.3 cm³/mol. The van der Waals surface area contributed by atoms with Crippen molar-refractivity contribution in [1.29, 1.82) is 0 Å². The smallest absolute Gasteiger partial charge is 0.141 e. The largest absolute Gasteiger partial charge is 0.324 e. The molecule has 0 saturated carbocycles. The first-order valence-electron chi connectivity index (χ1n) is 3.06. The molecular formula is C7H11Cl2FN2. The number of hydrogen-bond acceptors (Lipinski definition) is 2. The van der Waals surface area contributed by atoms with Crippen molar-refractivity contribution >= 4 is 24.8 Å². The maximum atomic E-state index is 12.4. The molecule has 2 N–H and O–H groups in total. The minimum atomic E-state index is -0.338. The van der Waals surface area contributed by atoms with E-state index in [2.05, 4.69) is 4.98 Å². The number of nitrogens with two attached hydrogens (primary N) is 1. The van der Waals surface area contributed by atoms with E-state index in [1.165, 1.54) is 6.07 Å². The summed E-state index contributed by atoms with van der Waals surface area (Å²) in [6.45, 7) is 1.79. The number of halogens is 3. The van der Waals surface area contributed by atoms with Gasteiger partial charge in [-0.05, 0) is 18.6 Å². The molecule has 5 heteroatoms. The van der Waals surface area contributed by atoms with E-state index in [9.17, 15) is 4.39 Å². The Hall–Kier alpha value is -0.380. The first-order chi connectivity index (χ1) is 4.70. The van der Waals surface area contributed by atoms with E-state index in [4.69, 9.17) is 5.73 Å². The third kappa shape index (κ3) is 3.85. The summed E-state index contributed by atoms with van der Waals surface area (Å²) in [6, 6.07) is 1.24. The summed E-state index contributed by atoms with van der Waals surface area (Å²) in [5.41, 5.74) is 6.20. The second kappa shape index (κ2) is 6.17. The molecule has 0 aliphatic rings. The third-order valence-corrected chi connectivity index (χ3v) is 1.25. The summed E-state index contributed by atoms with van der Waals surface area (Å²) < 4.78 is 12.4. The van der Waals surface area contributed by atoms with Gasteiger partial charge in [-0.25, -0.2) is 4.39 Å². The van der Waals surface area contributed by atoms with E-state index in [-0.39, 0.29) is 36.7 Å². The fourth-order valence-corrected chi connectivity index (χ4v) is 0.677. The molecular weight excluding hydrogens is 202 g/mol. The quantitative estimate of drug-likeness (QED) is 0.775. The maximum absolute atomic E-state index is 12.4. The highest BCUT2D eigenvalue weighted by Crippen LogP contribution is 2.07. The minimum absolute atomic E-state index is 0. The van der Waals surface area contributed by atoms with Gasteiger partial charge in [0.25, 0.3) is 0 Å². The van der Waals surface area contributed by atoms with Crippen molar-refractivity contribution in [3.8, 4) is 0 Å². The van der Waals surface area contributed by atoms with Crippen LogP contribution in [0.1, 0.15) is 18.5 Å². The lowest BCUT2D eigenvalue weighted by atomic mass is 10.2. The average Bonchev–Trinajstić information content (AvgIpc) is 1.88. The summed E-state index contributed by atoms with van der Waals surface area (Å²) >= 11 is 0. The highest BCUT2D eigenvalue weighted by molar-refractivity contribution is 5.85. The van der Waals surface area contributed by atoms with Gasteiger partial charge in [-0.3, -0.25) is 4.98 Å². The Morgan fingerprint density at radius 1 is 1.42 bits per heavy atom. The number of rotatable bonds is 1. The van der Waals surface area contributed by atoms with E-state index >= 15 is 0 Å². The molecule has 0 aliphatic heterocycles. The normalized spacial score (nSPS) is 10.9. The summed E-state index contributed by atoms with van der Waals surface area (Å²) in [7, 11) is 0. The molecule has 70 valence electrons. The van der Waals surface area contributed by atoms with Crippen LogP contribution in [0.3, 0.4) is 0 Å². The van der Waals surface area contributed by atoms with Gasteiger partial charge >= 0.3 is 0 Å². The van der Waals surface area contributed by atoms with Crippen LogP contribution in [0.15, 0.2) is 18.5 Å². The van der Waals surface area contributed by atoms with Crippen molar-refractivity contribution in [1.82, 2.24) is 4.98 Å². The van der Waals surface area contributed by atoms with E-state index in [1.54, 1.807) is 13.1 Å². The van der Waals surface area contributed by atoms with Gasteiger partial charge in [-0.1, -0.05) is 0 Å². The number of aromatic nitrogens is 1. The Bertz CT molecular complexity index is 230. The van der Waals surface area contributed by atoms with Gasteiger partial charge in [0, 0.05) is 12.2 Å². The average molecular weight is 213 g/mol. The Balaban J connectivity index is 0. The summed E-state index contributed by atoms with van der Waals surface area (Å²) in [5, 5.41) is 0. The van der Waals surface area contributed by atoms with Gasteiger partial charge in [0.1, 0.15) is 5.82 Å². The molecule has 1 aromatic heterocycles. The number of nitrogens with zero attached hydrogens (tertiary/aromatic N) is 1. The van der Waals surface area contributed by atoms with Crippen molar-refractivity contribution in [3.63, 3.8) is 0 Å². The Morgan fingerprint density at radius 3 is 2.33 bits per heavy atom. The zero-order valence-corrected chi connectivity index (χ0v) is 8.16. The van der Waals surface area contributed by atoms with Crippen LogP contribution in [0.25, 0.3) is 0 Å². The van der Waals surface area contributed by atoms with Crippen molar-refractivity contribution in [2.24, 2.45) is 5.73 Å². The molecule has 0 saturated heterocycles. The summed E-state index contributed by atoms with van der Waals surface area (Å²) in [5.74, 6) is -0.338. The number of pyridine rings is 1. The van der Waals surface area contributed by atoms with Crippen LogP contribution in [-0.2, 0) is 0 Å². The van der Waals surface area contributed by atoms with Crippen molar-refractivity contribution in [2.75, 3.05) is 0 Å². The Labute approximate surface area is 83.2 Å². The monoisotopic (exact) mass is 212 g/mol. The molecule has 1 rings (SSSR count). The van der Waals surface area contributed by atoms with Crippen molar-refractivity contribution in [2.45, 2.75) is 13.0 Å².